The molecule has 0 saturated carbocycles. The minimum Gasteiger partial charge on any atom is -0.478 e. The average Bonchev–Trinajstić information content (AvgIpc) is 2.37. The molecular formula is C15H11F3O2. The topological polar surface area (TPSA) is 37.3 Å². The summed E-state index contributed by atoms with van der Waals surface area (Å²) in [5.74, 6) is -1.59. The largest absolute Gasteiger partial charge is 0.478 e. The summed E-state index contributed by atoms with van der Waals surface area (Å²) in [6.07, 6.45) is -4.70. The van der Waals surface area contributed by atoms with Gasteiger partial charge in [-0.15, -0.1) is 0 Å². The molecule has 0 bridgehead atoms. The molecular weight excluding hydrogens is 269 g/mol. The molecule has 0 saturated heterocycles. The Hall–Kier alpha value is -2.30. The predicted octanol–water partition coefficient (Wildman–Crippen LogP) is 4.38. The number of carbonyl (C=O) groups is 1. The lowest BCUT2D eigenvalue weighted by Gasteiger charge is -2.13. The molecule has 1 N–H and O–H groups in total. The molecule has 0 heterocycles. The van der Waals surface area contributed by atoms with Crippen molar-refractivity contribution in [2.75, 3.05) is 0 Å². The van der Waals surface area contributed by atoms with E-state index in [0.717, 1.165) is 17.7 Å². The molecule has 0 fully saturated rings. The van der Waals surface area contributed by atoms with Crippen molar-refractivity contribution in [3.63, 3.8) is 0 Å². The van der Waals surface area contributed by atoms with Crippen LogP contribution in [0.5, 0.6) is 0 Å². The highest BCUT2D eigenvalue weighted by molar-refractivity contribution is 5.90. The van der Waals surface area contributed by atoms with Crippen molar-refractivity contribution in [1.29, 1.82) is 0 Å². The second kappa shape index (κ2) is 5.00. The first-order valence-electron chi connectivity index (χ1n) is 5.81. The van der Waals surface area contributed by atoms with Crippen molar-refractivity contribution < 1.29 is 23.1 Å². The van der Waals surface area contributed by atoms with Gasteiger partial charge in [0.2, 0.25) is 0 Å². The zero-order valence-electron chi connectivity index (χ0n) is 10.5. The van der Waals surface area contributed by atoms with Crippen molar-refractivity contribution in [2.24, 2.45) is 0 Å². The number of hydrogen-bond donors (Lipinski definition) is 1. The van der Waals surface area contributed by atoms with Crippen molar-refractivity contribution >= 4 is 5.97 Å². The van der Waals surface area contributed by atoms with E-state index < -0.39 is 23.3 Å². The molecule has 2 aromatic rings. The van der Waals surface area contributed by atoms with E-state index in [-0.39, 0.29) is 0 Å². The van der Waals surface area contributed by atoms with E-state index in [4.69, 9.17) is 5.11 Å². The van der Waals surface area contributed by atoms with Crippen LogP contribution >= 0.6 is 0 Å². The van der Waals surface area contributed by atoms with E-state index in [9.17, 15) is 18.0 Å². The maximum absolute atomic E-state index is 12.9. The molecule has 20 heavy (non-hydrogen) atoms. The van der Waals surface area contributed by atoms with Gasteiger partial charge >= 0.3 is 12.1 Å². The summed E-state index contributed by atoms with van der Waals surface area (Å²) in [7, 11) is 0. The van der Waals surface area contributed by atoms with Gasteiger partial charge in [-0.25, -0.2) is 4.79 Å². The minimum absolute atomic E-state index is 0.348. The van der Waals surface area contributed by atoms with Crippen molar-refractivity contribution in [1.82, 2.24) is 0 Å². The van der Waals surface area contributed by atoms with E-state index in [1.807, 2.05) is 0 Å². The molecule has 0 atom stereocenters. The molecule has 0 aliphatic heterocycles. The fraction of sp³-hybridized carbons (Fsp3) is 0.133. The average molecular weight is 280 g/mol. The highest BCUT2D eigenvalue weighted by atomic mass is 19.4. The SMILES string of the molecule is Cc1ccccc1-c1ccc(C(=O)O)c(C(F)(F)F)c1. The maximum atomic E-state index is 12.9. The number of rotatable bonds is 2. The Morgan fingerprint density at radius 2 is 1.75 bits per heavy atom. The Morgan fingerprint density at radius 1 is 1.10 bits per heavy atom. The van der Waals surface area contributed by atoms with Crippen LogP contribution in [-0.2, 0) is 6.18 Å². The van der Waals surface area contributed by atoms with Gasteiger partial charge in [0.05, 0.1) is 11.1 Å². The monoisotopic (exact) mass is 280 g/mol. The number of aromatic carboxylic acids is 1. The minimum atomic E-state index is -4.70. The third-order valence-electron chi connectivity index (χ3n) is 3.01. The van der Waals surface area contributed by atoms with Gasteiger partial charge in [-0.2, -0.15) is 13.2 Å². The third-order valence-corrected chi connectivity index (χ3v) is 3.01. The third kappa shape index (κ3) is 2.66. The molecule has 0 radical (unpaired) electrons. The second-order valence-corrected chi connectivity index (χ2v) is 4.38. The van der Waals surface area contributed by atoms with Gasteiger partial charge in [-0.05, 0) is 35.7 Å². The lowest BCUT2D eigenvalue weighted by atomic mass is 9.96. The standard InChI is InChI=1S/C15H11F3O2/c1-9-4-2-3-5-11(9)10-6-7-12(14(19)20)13(8-10)15(16,17)18/h2-8H,1H3,(H,19,20). The number of halogens is 3. The first-order chi connectivity index (χ1) is 9.30. The van der Waals surface area contributed by atoms with Crippen LogP contribution in [-0.4, -0.2) is 11.1 Å². The number of benzene rings is 2. The summed E-state index contributed by atoms with van der Waals surface area (Å²) in [4.78, 5) is 10.9. The van der Waals surface area contributed by atoms with Crippen LogP contribution < -0.4 is 0 Å². The Balaban J connectivity index is 2.65. The maximum Gasteiger partial charge on any atom is 0.417 e. The van der Waals surface area contributed by atoms with Crippen molar-refractivity contribution in [2.45, 2.75) is 13.1 Å². The van der Waals surface area contributed by atoms with Gasteiger partial charge in [0.25, 0.3) is 0 Å². The molecule has 0 amide bonds. The molecule has 0 aromatic heterocycles. The van der Waals surface area contributed by atoms with Crippen molar-refractivity contribution in [3.05, 3.63) is 59.2 Å². The lowest BCUT2D eigenvalue weighted by molar-refractivity contribution is -0.138. The van der Waals surface area contributed by atoms with Gasteiger partial charge < -0.3 is 5.11 Å². The molecule has 0 aliphatic rings. The summed E-state index contributed by atoms with van der Waals surface area (Å²) < 4.78 is 38.8. The number of carboxylic acid groups (broad SMARTS) is 1. The highest BCUT2D eigenvalue weighted by Crippen LogP contribution is 2.35. The number of carboxylic acids is 1. The number of hydrogen-bond acceptors (Lipinski definition) is 1. The van der Waals surface area contributed by atoms with Crippen LogP contribution in [0, 0.1) is 6.92 Å². The van der Waals surface area contributed by atoms with E-state index in [1.54, 1.807) is 31.2 Å². The normalized spacial score (nSPS) is 11.4. The van der Waals surface area contributed by atoms with E-state index in [1.165, 1.54) is 6.07 Å². The van der Waals surface area contributed by atoms with Crippen LogP contribution in [0.25, 0.3) is 11.1 Å². The van der Waals surface area contributed by atoms with Gasteiger partial charge in [-0.3, -0.25) is 0 Å². The molecule has 0 unspecified atom stereocenters. The molecule has 0 spiro atoms. The molecule has 2 rings (SSSR count). The molecule has 5 heteroatoms. The van der Waals surface area contributed by atoms with Crippen LogP contribution in [0.4, 0.5) is 13.2 Å². The fourth-order valence-corrected chi connectivity index (χ4v) is 2.03. The van der Waals surface area contributed by atoms with Gasteiger partial charge in [-0.1, -0.05) is 30.3 Å². The lowest BCUT2D eigenvalue weighted by Crippen LogP contribution is -2.13. The van der Waals surface area contributed by atoms with E-state index >= 15 is 0 Å². The quantitative estimate of drug-likeness (QED) is 0.886. The highest BCUT2D eigenvalue weighted by Gasteiger charge is 2.35. The van der Waals surface area contributed by atoms with Crippen LogP contribution in [0.2, 0.25) is 0 Å². The Morgan fingerprint density at radius 3 is 2.30 bits per heavy atom. The summed E-state index contributed by atoms with van der Waals surface area (Å²) in [6, 6.07) is 10.3. The van der Waals surface area contributed by atoms with E-state index in [0.29, 0.717) is 11.1 Å². The first kappa shape index (κ1) is 14.1. The molecule has 0 aliphatic carbocycles. The fourth-order valence-electron chi connectivity index (χ4n) is 2.03. The number of alkyl halides is 3. The molecule has 2 nitrogen and oxygen atoms in total. The Kier molecular flexibility index (Phi) is 3.53. The second-order valence-electron chi connectivity index (χ2n) is 4.38. The summed E-state index contributed by atoms with van der Waals surface area (Å²) in [5, 5.41) is 8.85. The van der Waals surface area contributed by atoms with Crippen molar-refractivity contribution in [3.8, 4) is 11.1 Å². The zero-order valence-corrected chi connectivity index (χ0v) is 10.5. The Bertz CT molecular complexity index is 660. The molecule has 2 aromatic carbocycles. The van der Waals surface area contributed by atoms with Crippen LogP contribution in [0.1, 0.15) is 21.5 Å². The van der Waals surface area contributed by atoms with Gasteiger partial charge in [0.1, 0.15) is 0 Å². The van der Waals surface area contributed by atoms with Crippen LogP contribution in [0.15, 0.2) is 42.5 Å². The number of aryl methyl sites for hydroxylation is 1. The smallest absolute Gasteiger partial charge is 0.417 e. The summed E-state index contributed by atoms with van der Waals surface area (Å²) in [5.41, 5.74) is -0.0559. The summed E-state index contributed by atoms with van der Waals surface area (Å²) >= 11 is 0. The predicted molar refractivity (Wildman–Crippen MR) is 68.6 cm³/mol. The zero-order chi connectivity index (χ0) is 14.9. The first-order valence-corrected chi connectivity index (χ1v) is 5.81. The van der Waals surface area contributed by atoms with Gasteiger partial charge in [0, 0.05) is 0 Å². The molecule has 104 valence electrons. The van der Waals surface area contributed by atoms with Crippen LogP contribution in [0.3, 0.4) is 0 Å². The summed E-state index contributed by atoms with van der Waals surface area (Å²) in [6.45, 7) is 1.79. The van der Waals surface area contributed by atoms with Gasteiger partial charge in [0.15, 0.2) is 0 Å². The van der Waals surface area contributed by atoms with E-state index in [2.05, 4.69) is 0 Å². The Labute approximate surface area is 113 Å².